The molecular formula is C29H37NO5. The van der Waals surface area contributed by atoms with Crippen molar-refractivity contribution >= 4 is 17.4 Å². The molecule has 1 heterocycles. The van der Waals surface area contributed by atoms with E-state index < -0.39 is 17.7 Å². The van der Waals surface area contributed by atoms with Crippen LogP contribution >= 0.6 is 0 Å². The number of carbonyl (C=O) groups is 2. The van der Waals surface area contributed by atoms with E-state index in [-0.39, 0.29) is 16.7 Å². The Kier molecular flexibility index (Phi) is 8.26. The first-order chi connectivity index (χ1) is 16.6. The molecule has 0 aromatic heterocycles. The zero-order valence-corrected chi connectivity index (χ0v) is 21.7. The van der Waals surface area contributed by atoms with Crippen LogP contribution in [0.2, 0.25) is 0 Å². The summed E-state index contributed by atoms with van der Waals surface area (Å²) in [5.74, 6) is -0.344. The number of hydrogen-bond acceptors (Lipinski definition) is 5. The second-order valence-corrected chi connectivity index (χ2v) is 9.93. The van der Waals surface area contributed by atoms with Crippen LogP contribution in [0.4, 0.5) is 0 Å². The Bertz CT molecular complexity index is 1100. The van der Waals surface area contributed by atoms with Crippen molar-refractivity contribution in [2.24, 2.45) is 0 Å². The topological polar surface area (TPSA) is 76.1 Å². The molecule has 35 heavy (non-hydrogen) atoms. The zero-order chi connectivity index (χ0) is 25.8. The van der Waals surface area contributed by atoms with Gasteiger partial charge >= 0.3 is 0 Å². The van der Waals surface area contributed by atoms with Crippen LogP contribution in [0, 0.1) is 0 Å². The van der Waals surface area contributed by atoms with Crippen molar-refractivity contribution in [3.63, 3.8) is 0 Å². The average molecular weight is 480 g/mol. The number of ketones is 1. The lowest BCUT2D eigenvalue weighted by Gasteiger charge is -2.25. The third kappa shape index (κ3) is 5.53. The van der Waals surface area contributed by atoms with Gasteiger partial charge in [0.25, 0.3) is 11.7 Å². The fraction of sp³-hybridized carbons (Fsp3) is 0.448. The standard InChI is InChI=1S/C29H37NO5/c1-7-9-17-35-21-13-10-19(11-14-21)25-24(27(32)28(33)30(25)16-8-2)26(31)22-18-20(29(3,4)5)12-15-23(22)34-6/h10-15,18,25,31H,7-9,16-17H2,1-6H3/b26-24+. The van der Waals surface area contributed by atoms with Gasteiger partial charge in [0.2, 0.25) is 0 Å². The molecule has 0 spiro atoms. The molecular weight excluding hydrogens is 442 g/mol. The number of aliphatic hydroxyl groups excluding tert-OH is 1. The predicted molar refractivity (Wildman–Crippen MR) is 138 cm³/mol. The number of amides is 1. The van der Waals surface area contributed by atoms with E-state index in [1.807, 2.05) is 43.3 Å². The number of unbranched alkanes of at least 4 members (excludes halogenated alkanes) is 1. The van der Waals surface area contributed by atoms with Gasteiger partial charge in [-0.3, -0.25) is 9.59 Å². The minimum atomic E-state index is -0.692. The number of likely N-dealkylation sites (tertiary alicyclic amines) is 1. The summed E-state index contributed by atoms with van der Waals surface area (Å²) in [6, 6.07) is 12.3. The predicted octanol–water partition coefficient (Wildman–Crippen LogP) is 6.00. The molecule has 6 heteroatoms. The minimum Gasteiger partial charge on any atom is -0.507 e. The molecule has 1 saturated heterocycles. The largest absolute Gasteiger partial charge is 0.507 e. The van der Waals surface area contributed by atoms with E-state index in [1.165, 1.54) is 7.11 Å². The number of rotatable bonds is 9. The van der Waals surface area contributed by atoms with Crippen molar-refractivity contribution in [3.05, 3.63) is 64.7 Å². The first kappa shape index (κ1) is 26.3. The number of hydrogen-bond donors (Lipinski definition) is 1. The van der Waals surface area contributed by atoms with Gasteiger partial charge in [-0.2, -0.15) is 0 Å². The third-order valence-electron chi connectivity index (χ3n) is 6.29. The summed E-state index contributed by atoms with van der Waals surface area (Å²) >= 11 is 0. The highest BCUT2D eigenvalue weighted by Crippen LogP contribution is 2.42. The highest BCUT2D eigenvalue weighted by atomic mass is 16.5. The van der Waals surface area contributed by atoms with Crippen LogP contribution < -0.4 is 9.47 Å². The van der Waals surface area contributed by atoms with Crippen molar-refractivity contribution in [1.29, 1.82) is 0 Å². The average Bonchev–Trinajstić information content (AvgIpc) is 3.08. The summed E-state index contributed by atoms with van der Waals surface area (Å²) in [6.45, 7) is 11.3. The lowest BCUT2D eigenvalue weighted by molar-refractivity contribution is -0.139. The number of methoxy groups -OCH3 is 1. The molecule has 1 amide bonds. The highest BCUT2D eigenvalue weighted by Gasteiger charge is 2.46. The highest BCUT2D eigenvalue weighted by molar-refractivity contribution is 6.46. The normalized spacial score (nSPS) is 17.7. The van der Waals surface area contributed by atoms with Crippen LogP contribution in [0.3, 0.4) is 0 Å². The number of benzene rings is 2. The maximum absolute atomic E-state index is 13.2. The van der Waals surface area contributed by atoms with Gasteiger partial charge in [-0.15, -0.1) is 0 Å². The monoisotopic (exact) mass is 479 g/mol. The maximum Gasteiger partial charge on any atom is 0.295 e. The minimum absolute atomic E-state index is 0.0764. The van der Waals surface area contributed by atoms with Gasteiger partial charge in [-0.25, -0.2) is 0 Å². The molecule has 188 valence electrons. The number of aliphatic hydroxyl groups is 1. The SMILES string of the molecule is CCCCOc1ccc(C2/C(=C(\O)c3cc(C(C)(C)C)ccc3OC)C(=O)C(=O)N2CCC)cc1. The molecule has 1 aliphatic heterocycles. The van der Waals surface area contributed by atoms with E-state index in [0.29, 0.717) is 30.9 Å². The van der Waals surface area contributed by atoms with Crippen molar-refractivity contribution in [1.82, 2.24) is 4.90 Å². The van der Waals surface area contributed by atoms with E-state index >= 15 is 0 Å². The molecule has 1 N–H and O–H groups in total. The van der Waals surface area contributed by atoms with Gasteiger partial charge in [0.05, 0.1) is 30.9 Å². The Labute approximate surface area is 208 Å². The van der Waals surface area contributed by atoms with Gasteiger partial charge in [0, 0.05) is 6.54 Å². The molecule has 2 aromatic rings. The van der Waals surface area contributed by atoms with Gasteiger partial charge < -0.3 is 19.5 Å². The summed E-state index contributed by atoms with van der Waals surface area (Å²) in [7, 11) is 1.52. The van der Waals surface area contributed by atoms with Crippen molar-refractivity contribution in [2.45, 2.75) is 65.3 Å². The second-order valence-electron chi connectivity index (χ2n) is 9.93. The van der Waals surface area contributed by atoms with Gasteiger partial charge in [0.1, 0.15) is 17.3 Å². The molecule has 3 rings (SSSR count). The van der Waals surface area contributed by atoms with Crippen LogP contribution in [-0.2, 0) is 15.0 Å². The third-order valence-corrected chi connectivity index (χ3v) is 6.29. The van der Waals surface area contributed by atoms with E-state index in [9.17, 15) is 14.7 Å². The Morgan fingerprint density at radius 1 is 1.03 bits per heavy atom. The van der Waals surface area contributed by atoms with Gasteiger partial charge in [-0.05, 0) is 53.6 Å². The Balaban J connectivity index is 2.14. The van der Waals surface area contributed by atoms with Crippen LogP contribution in [0.1, 0.15) is 76.6 Å². The number of ether oxygens (including phenoxy) is 2. The Morgan fingerprint density at radius 2 is 1.71 bits per heavy atom. The van der Waals surface area contributed by atoms with Gasteiger partial charge in [0.15, 0.2) is 0 Å². The van der Waals surface area contributed by atoms with Crippen LogP contribution in [0.5, 0.6) is 11.5 Å². The van der Waals surface area contributed by atoms with E-state index in [0.717, 1.165) is 29.7 Å². The maximum atomic E-state index is 13.2. The summed E-state index contributed by atoms with van der Waals surface area (Å²) < 4.78 is 11.3. The van der Waals surface area contributed by atoms with Gasteiger partial charge in [-0.1, -0.05) is 59.2 Å². The fourth-order valence-electron chi connectivity index (χ4n) is 4.28. The molecule has 0 bridgehead atoms. The van der Waals surface area contributed by atoms with E-state index in [4.69, 9.17) is 9.47 Å². The summed E-state index contributed by atoms with van der Waals surface area (Å²) in [4.78, 5) is 27.8. The molecule has 0 radical (unpaired) electrons. The fourth-order valence-corrected chi connectivity index (χ4v) is 4.28. The molecule has 1 fully saturated rings. The number of Topliss-reactive ketones (excluding diaryl/α,β-unsaturated/α-hetero) is 1. The van der Waals surface area contributed by atoms with Crippen LogP contribution in [0.15, 0.2) is 48.0 Å². The number of carbonyl (C=O) groups excluding carboxylic acids is 2. The molecule has 1 aliphatic rings. The van der Waals surface area contributed by atoms with Crippen LogP contribution in [0.25, 0.3) is 5.76 Å². The smallest absolute Gasteiger partial charge is 0.295 e. The Hall–Kier alpha value is -3.28. The lowest BCUT2D eigenvalue weighted by Crippen LogP contribution is -2.30. The van der Waals surface area contributed by atoms with E-state index in [1.54, 1.807) is 11.0 Å². The first-order valence-corrected chi connectivity index (χ1v) is 12.3. The van der Waals surface area contributed by atoms with Crippen LogP contribution in [-0.4, -0.2) is 42.0 Å². The molecule has 2 aromatic carbocycles. The lowest BCUT2D eigenvalue weighted by atomic mass is 9.85. The zero-order valence-electron chi connectivity index (χ0n) is 21.7. The molecule has 6 nitrogen and oxygen atoms in total. The van der Waals surface area contributed by atoms with Crippen molar-refractivity contribution in [2.75, 3.05) is 20.3 Å². The molecule has 1 atom stereocenters. The second kappa shape index (κ2) is 11.0. The van der Waals surface area contributed by atoms with E-state index in [2.05, 4.69) is 27.7 Å². The molecule has 0 saturated carbocycles. The summed E-state index contributed by atoms with van der Waals surface area (Å²) in [5.41, 5.74) is 2.02. The molecule has 1 unspecified atom stereocenters. The first-order valence-electron chi connectivity index (χ1n) is 12.3. The molecule has 0 aliphatic carbocycles. The summed E-state index contributed by atoms with van der Waals surface area (Å²) in [6.07, 6.45) is 2.70. The number of nitrogens with zero attached hydrogens (tertiary/aromatic N) is 1. The van der Waals surface area contributed by atoms with Crippen molar-refractivity contribution in [3.8, 4) is 11.5 Å². The Morgan fingerprint density at radius 3 is 2.29 bits per heavy atom. The van der Waals surface area contributed by atoms with Crippen molar-refractivity contribution < 1.29 is 24.2 Å². The summed E-state index contributed by atoms with van der Waals surface area (Å²) in [5, 5.41) is 11.5. The quantitative estimate of drug-likeness (QED) is 0.206.